The van der Waals surface area contributed by atoms with Gasteiger partial charge < -0.3 is 15.1 Å². The maximum absolute atomic E-state index is 11.0. The Morgan fingerprint density at radius 1 is 1.27 bits per heavy atom. The minimum Gasteiger partial charge on any atom is -0.396 e. The summed E-state index contributed by atoms with van der Waals surface area (Å²) >= 11 is 0. The summed E-state index contributed by atoms with van der Waals surface area (Å²) in [6, 6.07) is 5.66. The van der Waals surface area contributed by atoms with Crippen LogP contribution in [0, 0.1) is 0 Å². The molecule has 2 rings (SSSR count). The molecule has 1 aromatic heterocycles. The first-order chi connectivity index (χ1) is 7.29. The Labute approximate surface area is 86.3 Å². The van der Waals surface area contributed by atoms with Gasteiger partial charge in [-0.1, -0.05) is 18.2 Å². The lowest BCUT2D eigenvalue weighted by atomic mass is 10.2. The second kappa shape index (κ2) is 4.14. The number of rotatable bonds is 3. The summed E-state index contributed by atoms with van der Waals surface area (Å²) in [5.74, 6) is 0. The van der Waals surface area contributed by atoms with E-state index in [4.69, 9.17) is 5.11 Å². The molecule has 0 atom stereocenters. The second-order valence-electron chi connectivity index (χ2n) is 3.30. The zero-order valence-electron chi connectivity index (χ0n) is 8.16. The first-order valence-electron chi connectivity index (χ1n) is 4.79. The number of H-pyrrole nitrogens is 2. The van der Waals surface area contributed by atoms with E-state index in [1.54, 1.807) is 0 Å². The summed E-state index contributed by atoms with van der Waals surface area (Å²) in [5, 5.41) is 8.62. The van der Waals surface area contributed by atoms with Gasteiger partial charge in [-0.3, -0.25) is 0 Å². The van der Waals surface area contributed by atoms with Crippen molar-refractivity contribution in [2.24, 2.45) is 0 Å². The highest BCUT2D eigenvalue weighted by atomic mass is 16.2. The van der Waals surface area contributed by atoms with Crippen molar-refractivity contribution in [2.45, 2.75) is 6.42 Å². The molecule has 1 aromatic carbocycles. The third-order valence-electron chi connectivity index (χ3n) is 2.15. The molecule has 0 spiro atoms. The third kappa shape index (κ3) is 2.16. The number of imidazole rings is 1. The minimum absolute atomic E-state index is 0.153. The van der Waals surface area contributed by atoms with Crippen LogP contribution in [0.15, 0.2) is 29.1 Å². The van der Waals surface area contributed by atoms with Crippen molar-refractivity contribution in [3.05, 3.63) is 40.3 Å². The smallest absolute Gasteiger partial charge is 0.323 e. The van der Waals surface area contributed by atoms with Crippen molar-refractivity contribution in [1.82, 2.24) is 9.97 Å². The first-order valence-corrected chi connectivity index (χ1v) is 4.79. The Balaban J connectivity index is 2.34. The SMILES string of the molecule is O=c1[nH]c2ccc(C=CCCO)cc2[nH]1. The van der Waals surface area contributed by atoms with Gasteiger partial charge in [-0.25, -0.2) is 4.79 Å². The maximum Gasteiger partial charge on any atom is 0.323 e. The average molecular weight is 204 g/mol. The molecule has 3 N–H and O–H groups in total. The number of aliphatic hydroxyl groups excluding tert-OH is 1. The van der Waals surface area contributed by atoms with E-state index in [0.717, 1.165) is 16.6 Å². The van der Waals surface area contributed by atoms with E-state index < -0.39 is 0 Å². The summed E-state index contributed by atoms with van der Waals surface area (Å²) in [4.78, 5) is 16.4. The Hall–Kier alpha value is -1.81. The van der Waals surface area contributed by atoms with Crippen molar-refractivity contribution in [3.8, 4) is 0 Å². The quantitative estimate of drug-likeness (QED) is 0.704. The van der Waals surface area contributed by atoms with E-state index in [2.05, 4.69) is 9.97 Å². The van der Waals surface area contributed by atoms with Crippen LogP contribution in [0.5, 0.6) is 0 Å². The Morgan fingerprint density at radius 2 is 2.07 bits per heavy atom. The molecule has 0 aliphatic carbocycles. The minimum atomic E-state index is -0.193. The summed E-state index contributed by atoms with van der Waals surface area (Å²) in [6.07, 6.45) is 4.45. The largest absolute Gasteiger partial charge is 0.396 e. The predicted octanol–water partition coefficient (Wildman–Crippen LogP) is 1.25. The van der Waals surface area contributed by atoms with Gasteiger partial charge in [0, 0.05) is 6.61 Å². The molecule has 4 heteroatoms. The molecular weight excluding hydrogens is 192 g/mol. The van der Waals surface area contributed by atoms with Gasteiger partial charge >= 0.3 is 5.69 Å². The fourth-order valence-electron chi connectivity index (χ4n) is 1.45. The standard InChI is InChI=1S/C11H12N2O2/c14-6-2-1-3-8-4-5-9-10(7-8)13-11(15)12-9/h1,3-5,7,14H,2,6H2,(H2,12,13,15). The van der Waals surface area contributed by atoms with Gasteiger partial charge in [-0.2, -0.15) is 0 Å². The monoisotopic (exact) mass is 204 g/mol. The number of fused-ring (bicyclic) bond motifs is 1. The van der Waals surface area contributed by atoms with Crippen LogP contribution in [0.25, 0.3) is 17.1 Å². The summed E-state index contributed by atoms with van der Waals surface area (Å²) in [7, 11) is 0. The van der Waals surface area contributed by atoms with Crippen LogP contribution in [0.4, 0.5) is 0 Å². The lowest BCUT2D eigenvalue weighted by Crippen LogP contribution is -1.99. The molecular formula is C11H12N2O2. The highest BCUT2D eigenvalue weighted by Gasteiger charge is 1.97. The molecule has 4 nitrogen and oxygen atoms in total. The van der Waals surface area contributed by atoms with Crippen LogP contribution in [0.1, 0.15) is 12.0 Å². The number of aliphatic hydroxyl groups is 1. The van der Waals surface area contributed by atoms with Crippen molar-refractivity contribution < 1.29 is 5.11 Å². The van der Waals surface area contributed by atoms with Gasteiger partial charge in [0.25, 0.3) is 0 Å². The number of benzene rings is 1. The van der Waals surface area contributed by atoms with E-state index in [1.807, 2.05) is 30.4 Å². The van der Waals surface area contributed by atoms with Gasteiger partial charge in [0.1, 0.15) is 0 Å². The molecule has 15 heavy (non-hydrogen) atoms. The van der Waals surface area contributed by atoms with E-state index in [-0.39, 0.29) is 12.3 Å². The first kappa shape index (κ1) is 9.73. The molecule has 2 aromatic rings. The topological polar surface area (TPSA) is 68.9 Å². The molecule has 0 saturated carbocycles. The van der Waals surface area contributed by atoms with Gasteiger partial charge in [-0.05, 0) is 24.1 Å². The van der Waals surface area contributed by atoms with Crippen LogP contribution >= 0.6 is 0 Å². The van der Waals surface area contributed by atoms with E-state index in [1.165, 1.54) is 0 Å². The Bertz CT molecular complexity index is 537. The van der Waals surface area contributed by atoms with Crippen LogP contribution in [0.3, 0.4) is 0 Å². The highest BCUT2D eigenvalue weighted by Crippen LogP contribution is 2.11. The van der Waals surface area contributed by atoms with Crippen LogP contribution in [-0.2, 0) is 0 Å². The Morgan fingerprint density at radius 3 is 2.87 bits per heavy atom. The molecule has 0 radical (unpaired) electrons. The van der Waals surface area contributed by atoms with Gasteiger partial charge in [0.15, 0.2) is 0 Å². The number of hydrogen-bond acceptors (Lipinski definition) is 2. The highest BCUT2D eigenvalue weighted by molar-refractivity contribution is 5.77. The lowest BCUT2D eigenvalue weighted by molar-refractivity contribution is 0.303. The normalized spacial score (nSPS) is 11.5. The Kier molecular flexibility index (Phi) is 2.69. The van der Waals surface area contributed by atoms with Crippen molar-refractivity contribution in [2.75, 3.05) is 6.61 Å². The van der Waals surface area contributed by atoms with Gasteiger partial charge in [-0.15, -0.1) is 0 Å². The van der Waals surface area contributed by atoms with E-state index in [0.29, 0.717) is 6.42 Å². The van der Waals surface area contributed by atoms with Crippen LogP contribution in [-0.4, -0.2) is 21.7 Å². The fraction of sp³-hybridized carbons (Fsp3) is 0.182. The summed E-state index contributed by atoms with van der Waals surface area (Å²) in [5.41, 5.74) is 2.41. The number of aromatic amines is 2. The average Bonchev–Trinajstić information content (AvgIpc) is 2.57. The van der Waals surface area contributed by atoms with Gasteiger partial charge in [0.05, 0.1) is 11.0 Å². The van der Waals surface area contributed by atoms with Crippen molar-refractivity contribution in [1.29, 1.82) is 0 Å². The lowest BCUT2D eigenvalue weighted by Gasteiger charge is -1.93. The summed E-state index contributed by atoms with van der Waals surface area (Å²) in [6.45, 7) is 0.153. The van der Waals surface area contributed by atoms with Crippen molar-refractivity contribution in [3.63, 3.8) is 0 Å². The molecule has 0 saturated heterocycles. The molecule has 1 heterocycles. The molecule has 0 amide bonds. The van der Waals surface area contributed by atoms with Crippen LogP contribution in [0.2, 0.25) is 0 Å². The zero-order valence-corrected chi connectivity index (χ0v) is 8.16. The molecule has 0 aliphatic heterocycles. The number of hydrogen-bond donors (Lipinski definition) is 3. The predicted molar refractivity (Wildman–Crippen MR) is 59.7 cm³/mol. The number of nitrogens with one attached hydrogen (secondary N) is 2. The second-order valence-corrected chi connectivity index (χ2v) is 3.30. The van der Waals surface area contributed by atoms with Crippen molar-refractivity contribution >= 4 is 17.1 Å². The molecule has 78 valence electrons. The molecule has 0 fully saturated rings. The zero-order chi connectivity index (χ0) is 10.7. The maximum atomic E-state index is 11.0. The summed E-state index contributed by atoms with van der Waals surface area (Å²) < 4.78 is 0. The molecule has 0 aliphatic rings. The third-order valence-corrected chi connectivity index (χ3v) is 2.15. The number of aromatic nitrogens is 2. The molecule has 0 bridgehead atoms. The molecule has 0 unspecified atom stereocenters. The van der Waals surface area contributed by atoms with E-state index >= 15 is 0 Å². The van der Waals surface area contributed by atoms with E-state index in [9.17, 15) is 4.79 Å². The van der Waals surface area contributed by atoms with Crippen LogP contribution < -0.4 is 5.69 Å². The fourth-order valence-corrected chi connectivity index (χ4v) is 1.45. The van der Waals surface area contributed by atoms with Gasteiger partial charge in [0.2, 0.25) is 0 Å².